The average molecular weight is 212 g/mol. The number of carbonyl (C=O) groups is 1. The van der Waals surface area contributed by atoms with Crippen LogP contribution in [0.4, 0.5) is 0 Å². The van der Waals surface area contributed by atoms with Crippen molar-refractivity contribution in [3.8, 4) is 0 Å². The van der Waals surface area contributed by atoms with E-state index in [9.17, 15) is 4.79 Å². The van der Waals surface area contributed by atoms with Gasteiger partial charge in [0.25, 0.3) is 5.91 Å². The average Bonchev–Trinajstić information content (AvgIpc) is 2.44. The summed E-state index contributed by atoms with van der Waals surface area (Å²) in [5.41, 5.74) is 6.61. The van der Waals surface area contributed by atoms with E-state index < -0.39 is 0 Å². The van der Waals surface area contributed by atoms with Crippen molar-refractivity contribution in [2.75, 3.05) is 6.54 Å². The molecule has 76 valence electrons. The number of thiocarbonyl (C=S) groups is 1. The first kappa shape index (κ1) is 10.6. The third-order valence-corrected chi connectivity index (χ3v) is 2.05. The molecule has 1 amide bonds. The number of hydrogen-bond acceptors (Lipinski definition) is 3. The first-order valence-electron chi connectivity index (χ1n) is 4.07. The molecular weight excluding hydrogens is 200 g/mol. The minimum Gasteiger partial charge on any atom is -0.392 e. The van der Waals surface area contributed by atoms with Gasteiger partial charge in [-0.05, 0) is 6.92 Å². The van der Waals surface area contributed by atoms with Gasteiger partial charge in [-0.2, -0.15) is 5.10 Å². The van der Waals surface area contributed by atoms with Crippen LogP contribution in [0, 0.1) is 6.92 Å². The molecule has 0 aliphatic carbocycles. The van der Waals surface area contributed by atoms with Gasteiger partial charge >= 0.3 is 0 Å². The van der Waals surface area contributed by atoms with Gasteiger partial charge in [-0.1, -0.05) is 12.2 Å². The van der Waals surface area contributed by atoms with E-state index in [1.54, 1.807) is 11.7 Å². The Morgan fingerprint density at radius 1 is 1.79 bits per heavy atom. The maximum Gasteiger partial charge on any atom is 0.255 e. The Labute approximate surface area is 87.3 Å². The number of nitrogens with zero attached hydrogens (tertiary/aromatic N) is 2. The largest absolute Gasteiger partial charge is 0.392 e. The number of rotatable bonds is 3. The topological polar surface area (TPSA) is 72.9 Å². The van der Waals surface area contributed by atoms with Crippen LogP contribution >= 0.6 is 12.2 Å². The van der Waals surface area contributed by atoms with E-state index in [0.717, 1.165) is 5.69 Å². The minimum atomic E-state index is -0.205. The molecule has 5 nitrogen and oxygen atoms in total. The number of amides is 1. The fraction of sp³-hybridized carbons (Fsp3) is 0.375. The van der Waals surface area contributed by atoms with Crippen LogP contribution in [0.25, 0.3) is 0 Å². The summed E-state index contributed by atoms with van der Waals surface area (Å²) in [5, 5.41) is 6.55. The molecule has 0 aliphatic rings. The van der Waals surface area contributed by atoms with Crippen LogP contribution in [0.5, 0.6) is 0 Å². The van der Waals surface area contributed by atoms with Gasteiger partial charge < -0.3 is 11.1 Å². The lowest BCUT2D eigenvalue weighted by Gasteiger charge is -2.02. The molecule has 6 heteroatoms. The number of carbonyl (C=O) groups excluding carboxylic acids is 1. The molecule has 0 fully saturated rings. The third-order valence-electron chi connectivity index (χ3n) is 1.90. The quantitative estimate of drug-likeness (QED) is 0.677. The zero-order valence-corrected chi connectivity index (χ0v) is 8.89. The lowest BCUT2D eigenvalue weighted by molar-refractivity contribution is 0.0958. The predicted molar refractivity (Wildman–Crippen MR) is 57.1 cm³/mol. The van der Waals surface area contributed by atoms with Crippen LogP contribution in [0.15, 0.2) is 6.20 Å². The van der Waals surface area contributed by atoms with Gasteiger partial charge in [0, 0.05) is 12.7 Å². The van der Waals surface area contributed by atoms with Crippen molar-refractivity contribution in [3.05, 3.63) is 17.5 Å². The molecule has 3 N–H and O–H groups in total. The molecule has 1 aromatic heterocycles. The molecule has 1 heterocycles. The van der Waals surface area contributed by atoms with E-state index in [2.05, 4.69) is 22.6 Å². The van der Waals surface area contributed by atoms with E-state index in [-0.39, 0.29) is 17.4 Å². The third kappa shape index (κ3) is 2.29. The van der Waals surface area contributed by atoms with Crippen molar-refractivity contribution in [2.24, 2.45) is 12.8 Å². The molecule has 0 atom stereocenters. The van der Waals surface area contributed by atoms with Crippen LogP contribution in [0.2, 0.25) is 0 Å². The van der Waals surface area contributed by atoms with E-state index in [1.165, 1.54) is 6.20 Å². The maximum absolute atomic E-state index is 11.5. The number of aryl methyl sites for hydroxylation is 1. The number of nitrogens with two attached hydrogens (primary N) is 1. The monoisotopic (exact) mass is 212 g/mol. The summed E-state index contributed by atoms with van der Waals surface area (Å²) >= 11 is 4.64. The predicted octanol–water partition coefficient (Wildman–Crippen LogP) is -0.256. The molecule has 0 saturated carbocycles. The maximum atomic E-state index is 11.5. The van der Waals surface area contributed by atoms with Crippen molar-refractivity contribution >= 4 is 23.1 Å². The Morgan fingerprint density at radius 2 is 2.43 bits per heavy atom. The van der Waals surface area contributed by atoms with Gasteiger partial charge in [-0.25, -0.2) is 0 Å². The Hall–Kier alpha value is -1.43. The fourth-order valence-electron chi connectivity index (χ4n) is 0.984. The molecule has 0 unspecified atom stereocenters. The first-order chi connectivity index (χ1) is 6.52. The summed E-state index contributed by atoms with van der Waals surface area (Å²) in [4.78, 5) is 11.8. The smallest absolute Gasteiger partial charge is 0.255 e. The van der Waals surface area contributed by atoms with E-state index >= 15 is 0 Å². The zero-order valence-electron chi connectivity index (χ0n) is 8.07. The van der Waals surface area contributed by atoms with Gasteiger partial charge in [0.2, 0.25) is 0 Å². The summed E-state index contributed by atoms with van der Waals surface area (Å²) in [7, 11) is 1.78. The van der Waals surface area contributed by atoms with Crippen LogP contribution in [-0.2, 0) is 7.05 Å². The molecule has 0 aliphatic heterocycles. The van der Waals surface area contributed by atoms with Crippen LogP contribution in [0.3, 0.4) is 0 Å². The molecule has 0 bridgehead atoms. The normalized spacial score (nSPS) is 9.86. The molecule has 1 aromatic rings. The van der Waals surface area contributed by atoms with Crippen LogP contribution < -0.4 is 11.1 Å². The lowest BCUT2D eigenvalue weighted by Crippen LogP contribution is -2.32. The summed E-state index contributed by atoms with van der Waals surface area (Å²) in [6.07, 6.45) is 1.52. The second-order valence-corrected chi connectivity index (χ2v) is 3.44. The molecule has 0 aromatic carbocycles. The molecule has 1 rings (SSSR count). The standard InChI is InChI=1S/C8H12N4OS/c1-5-6(3-11-12(5)2)8(13)10-4-7(9)14/h3H,4H2,1-2H3,(H2,9,14)(H,10,13). The number of aromatic nitrogens is 2. The SMILES string of the molecule is Cc1c(C(=O)NCC(N)=S)cnn1C. The minimum absolute atomic E-state index is 0.205. The van der Waals surface area contributed by atoms with E-state index in [0.29, 0.717) is 5.56 Å². The Bertz CT molecular complexity index is 371. The Kier molecular flexibility index (Phi) is 3.19. The summed E-state index contributed by atoms with van der Waals surface area (Å²) in [6, 6.07) is 0. The highest BCUT2D eigenvalue weighted by Crippen LogP contribution is 2.04. The lowest BCUT2D eigenvalue weighted by atomic mass is 10.2. The fourth-order valence-corrected chi connectivity index (χ4v) is 1.06. The summed E-state index contributed by atoms with van der Waals surface area (Å²) in [5.74, 6) is -0.205. The molecule has 0 saturated heterocycles. The Morgan fingerprint density at radius 3 is 2.86 bits per heavy atom. The van der Waals surface area contributed by atoms with Crippen molar-refractivity contribution in [2.45, 2.75) is 6.92 Å². The van der Waals surface area contributed by atoms with Gasteiger partial charge in [0.05, 0.1) is 23.3 Å². The summed E-state index contributed by atoms with van der Waals surface area (Å²) < 4.78 is 1.63. The van der Waals surface area contributed by atoms with Gasteiger partial charge in [-0.3, -0.25) is 9.48 Å². The van der Waals surface area contributed by atoms with Crippen molar-refractivity contribution < 1.29 is 4.79 Å². The van der Waals surface area contributed by atoms with Gasteiger partial charge in [-0.15, -0.1) is 0 Å². The van der Waals surface area contributed by atoms with Crippen molar-refractivity contribution in [1.82, 2.24) is 15.1 Å². The van der Waals surface area contributed by atoms with Crippen LogP contribution in [0.1, 0.15) is 16.1 Å². The van der Waals surface area contributed by atoms with Gasteiger partial charge in [0.1, 0.15) is 0 Å². The molecule has 0 spiro atoms. The van der Waals surface area contributed by atoms with Crippen molar-refractivity contribution in [1.29, 1.82) is 0 Å². The molecule has 0 radical (unpaired) electrons. The Balaban J connectivity index is 2.70. The van der Waals surface area contributed by atoms with Crippen LogP contribution in [-0.4, -0.2) is 27.2 Å². The second-order valence-electron chi connectivity index (χ2n) is 2.92. The van der Waals surface area contributed by atoms with Gasteiger partial charge in [0.15, 0.2) is 0 Å². The molecular formula is C8H12N4OS. The highest BCUT2D eigenvalue weighted by molar-refractivity contribution is 7.80. The second kappa shape index (κ2) is 4.19. The van der Waals surface area contributed by atoms with Crippen molar-refractivity contribution in [3.63, 3.8) is 0 Å². The highest BCUT2D eigenvalue weighted by atomic mass is 32.1. The van der Waals surface area contributed by atoms with E-state index in [4.69, 9.17) is 5.73 Å². The zero-order chi connectivity index (χ0) is 10.7. The highest BCUT2D eigenvalue weighted by Gasteiger charge is 2.11. The number of nitrogens with one attached hydrogen (secondary N) is 1. The molecule has 14 heavy (non-hydrogen) atoms. The number of hydrogen-bond donors (Lipinski definition) is 2. The summed E-state index contributed by atoms with van der Waals surface area (Å²) in [6.45, 7) is 2.03. The first-order valence-corrected chi connectivity index (χ1v) is 4.48. The van der Waals surface area contributed by atoms with E-state index in [1.807, 2.05) is 6.92 Å².